The fourth-order valence-electron chi connectivity index (χ4n) is 6.06. The number of esters is 1. The minimum Gasteiger partial charge on any atom is -0.481 e. The number of aliphatic carboxylic acids is 1. The van der Waals surface area contributed by atoms with E-state index in [1.807, 2.05) is 0 Å². The second-order valence-electron chi connectivity index (χ2n) is 13.5. The molecule has 0 aliphatic heterocycles. The van der Waals surface area contributed by atoms with Crippen molar-refractivity contribution < 1.29 is 19.4 Å². The quantitative estimate of drug-likeness (QED) is 0.0430. The van der Waals surface area contributed by atoms with E-state index in [2.05, 4.69) is 26.0 Å². The van der Waals surface area contributed by atoms with Crippen LogP contribution in [0, 0.1) is 0 Å². The largest absolute Gasteiger partial charge is 0.481 e. The van der Waals surface area contributed by atoms with Gasteiger partial charge in [0.1, 0.15) is 6.10 Å². The van der Waals surface area contributed by atoms with E-state index in [-0.39, 0.29) is 18.5 Å². The van der Waals surface area contributed by atoms with Gasteiger partial charge in [0, 0.05) is 12.8 Å². The lowest BCUT2D eigenvalue weighted by Crippen LogP contribution is -2.18. The van der Waals surface area contributed by atoms with E-state index in [9.17, 15) is 9.59 Å². The molecule has 0 radical (unpaired) electrons. The molecule has 0 aromatic heterocycles. The van der Waals surface area contributed by atoms with Crippen molar-refractivity contribution in [3.8, 4) is 0 Å². The molecule has 0 aliphatic carbocycles. The van der Waals surface area contributed by atoms with Crippen molar-refractivity contribution in [1.29, 1.82) is 0 Å². The molecule has 1 N–H and O–H groups in total. The number of allylic oxidation sites excluding steroid dienone is 2. The Morgan fingerprint density at radius 2 is 0.818 bits per heavy atom. The molecule has 0 bridgehead atoms. The Kier molecular flexibility index (Phi) is 35.1. The molecule has 1 unspecified atom stereocenters. The standard InChI is InChI=1S/C40H76O4/c1-3-5-7-9-11-13-15-17-18-19-21-23-26-30-34-38(35-31-27-25-28-32-36-39(41)42)44-40(43)37-33-29-24-22-20-16-14-12-10-8-6-4-2/h12,14,38H,3-11,13,15-37H2,1-2H3,(H,41,42)/b14-12-. The van der Waals surface area contributed by atoms with Crippen LogP contribution in [-0.2, 0) is 14.3 Å². The van der Waals surface area contributed by atoms with Gasteiger partial charge in [0.2, 0.25) is 0 Å². The molecular formula is C40H76O4. The first-order valence-electron chi connectivity index (χ1n) is 19.7. The number of carbonyl (C=O) groups excluding carboxylic acids is 1. The minimum absolute atomic E-state index is 0.00293. The molecular weight excluding hydrogens is 544 g/mol. The topological polar surface area (TPSA) is 63.6 Å². The summed E-state index contributed by atoms with van der Waals surface area (Å²) >= 11 is 0. The number of rotatable bonds is 36. The number of carbonyl (C=O) groups is 2. The second-order valence-corrected chi connectivity index (χ2v) is 13.5. The first-order valence-corrected chi connectivity index (χ1v) is 19.7. The first kappa shape index (κ1) is 42.7. The fourth-order valence-corrected chi connectivity index (χ4v) is 6.06. The third-order valence-electron chi connectivity index (χ3n) is 8.99. The molecule has 0 spiro atoms. The smallest absolute Gasteiger partial charge is 0.306 e. The normalized spacial score (nSPS) is 12.2. The summed E-state index contributed by atoms with van der Waals surface area (Å²) in [6, 6.07) is 0. The average Bonchev–Trinajstić information content (AvgIpc) is 3.00. The van der Waals surface area contributed by atoms with Gasteiger partial charge in [-0.1, -0.05) is 161 Å². The Morgan fingerprint density at radius 1 is 0.477 bits per heavy atom. The maximum absolute atomic E-state index is 12.6. The predicted molar refractivity (Wildman–Crippen MR) is 190 cm³/mol. The lowest BCUT2D eigenvalue weighted by Gasteiger charge is -2.18. The van der Waals surface area contributed by atoms with Gasteiger partial charge in [0.15, 0.2) is 0 Å². The van der Waals surface area contributed by atoms with Gasteiger partial charge >= 0.3 is 11.9 Å². The molecule has 44 heavy (non-hydrogen) atoms. The summed E-state index contributed by atoms with van der Waals surface area (Å²) in [4.78, 5) is 23.3. The predicted octanol–water partition coefficient (Wildman–Crippen LogP) is 13.5. The van der Waals surface area contributed by atoms with Crippen molar-refractivity contribution in [3.05, 3.63) is 12.2 Å². The van der Waals surface area contributed by atoms with E-state index < -0.39 is 5.97 Å². The van der Waals surface area contributed by atoms with Crippen molar-refractivity contribution in [2.45, 2.75) is 232 Å². The maximum atomic E-state index is 12.6. The van der Waals surface area contributed by atoms with Gasteiger partial charge in [-0.25, -0.2) is 0 Å². The van der Waals surface area contributed by atoms with Gasteiger partial charge in [-0.05, 0) is 64.2 Å². The molecule has 260 valence electrons. The van der Waals surface area contributed by atoms with Crippen molar-refractivity contribution in [1.82, 2.24) is 0 Å². The minimum atomic E-state index is -0.699. The van der Waals surface area contributed by atoms with Gasteiger partial charge in [-0.15, -0.1) is 0 Å². The van der Waals surface area contributed by atoms with Crippen molar-refractivity contribution in [2.75, 3.05) is 0 Å². The average molecular weight is 621 g/mol. The summed E-state index contributed by atoms with van der Waals surface area (Å²) in [7, 11) is 0. The third-order valence-corrected chi connectivity index (χ3v) is 8.99. The van der Waals surface area contributed by atoms with Crippen LogP contribution in [0.4, 0.5) is 0 Å². The molecule has 4 heteroatoms. The van der Waals surface area contributed by atoms with Gasteiger partial charge in [-0.3, -0.25) is 9.59 Å². The maximum Gasteiger partial charge on any atom is 0.306 e. The second kappa shape index (κ2) is 36.2. The summed E-state index contributed by atoms with van der Waals surface area (Å²) in [6.45, 7) is 4.53. The highest BCUT2D eigenvalue weighted by Gasteiger charge is 2.14. The highest BCUT2D eigenvalue weighted by Crippen LogP contribution is 2.19. The monoisotopic (exact) mass is 621 g/mol. The number of unbranched alkanes of at least 4 members (excludes halogenated alkanes) is 25. The van der Waals surface area contributed by atoms with E-state index in [0.29, 0.717) is 6.42 Å². The molecule has 1 atom stereocenters. The zero-order valence-electron chi connectivity index (χ0n) is 29.7. The molecule has 0 amide bonds. The van der Waals surface area contributed by atoms with Crippen LogP contribution in [0.5, 0.6) is 0 Å². The van der Waals surface area contributed by atoms with Crippen molar-refractivity contribution in [3.63, 3.8) is 0 Å². The van der Waals surface area contributed by atoms with E-state index in [4.69, 9.17) is 9.84 Å². The number of carboxylic acid groups (broad SMARTS) is 1. The van der Waals surface area contributed by atoms with Gasteiger partial charge < -0.3 is 9.84 Å². The Balaban J connectivity index is 4.03. The summed E-state index contributed by atoms with van der Waals surface area (Å²) in [5, 5.41) is 8.81. The van der Waals surface area contributed by atoms with Gasteiger partial charge in [0.05, 0.1) is 0 Å². The number of carboxylic acids is 1. The summed E-state index contributed by atoms with van der Waals surface area (Å²) in [5.41, 5.74) is 0. The van der Waals surface area contributed by atoms with Gasteiger partial charge in [-0.2, -0.15) is 0 Å². The van der Waals surface area contributed by atoms with Crippen LogP contribution in [0.1, 0.15) is 226 Å². The van der Waals surface area contributed by atoms with E-state index in [1.165, 1.54) is 135 Å². The van der Waals surface area contributed by atoms with E-state index in [0.717, 1.165) is 64.2 Å². The van der Waals surface area contributed by atoms with Crippen LogP contribution in [-0.4, -0.2) is 23.1 Å². The summed E-state index contributed by atoms with van der Waals surface area (Å²) in [5.74, 6) is -0.702. The van der Waals surface area contributed by atoms with Crippen LogP contribution in [0.25, 0.3) is 0 Å². The molecule has 0 fully saturated rings. The van der Waals surface area contributed by atoms with E-state index >= 15 is 0 Å². The van der Waals surface area contributed by atoms with Crippen molar-refractivity contribution in [2.24, 2.45) is 0 Å². The Bertz CT molecular complexity index is 629. The molecule has 0 aliphatic rings. The van der Waals surface area contributed by atoms with Crippen LogP contribution >= 0.6 is 0 Å². The van der Waals surface area contributed by atoms with Crippen LogP contribution < -0.4 is 0 Å². The van der Waals surface area contributed by atoms with Crippen LogP contribution in [0.15, 0.2) is 12.2 Å². The van der Waals surface area contributed by atoms with Crippen LogP contribution in [0.2, 0.25) is 0 Å². The Hall–Kier alpha value is -1.32. The molecule has 0 saturated heterocycles. The number of hydrogen-bond donors (Lipinski definition) is 1. The number of ether oxygens (including phenoxy) is 1. The van der Waals surface area contributed by atoms with E-state index in [1.54, 1.807) is 0 Å². The lowest BCUT2D eigenvalue weighted by molar-refractivity contribution is -0.150. The third kappa shape index (κ3) is 35.2. The highest BCUT2D eigenvalue weighted by atomic mass is 16.5. The Morgan fingerprint density at radius 3 is 1.27 bits per heavy atom. The lowest BCUT2D eigenvalue weighted by atomic mass is 10.0. The summed E-state index contributed by atoms with van der Waals surface area (Å²) in [6.07, 6.45) is 43.7. The van der Waals surface area contributed by atoms with Gasteiger partial charge in [0.25, 0.3) is 0 Å². The summed E-state index contributed by atoms with van der Waals surface area (Å²) < 4.78 is 6.00. The number of hydrogen-bond acceptors (Lipinski definition) is 3. The first-order chi connectivity index (χ1) is 21.6. The fraction of sp³-hybridized carbons (Fsp3) is 0.900. The zero-order chi connectivity index (χ0) is 32.2. The molecule has 0 rings (SSSR count). The molecule has 0 heterocycles. The molecule has 4 nitrogen and oxygen atoms in total. The Labute approximate surface area is 275 Å². The molecule has 0 aromatic carbocycles. The molecule has 0 aromatic rings. The van der Waals surface area contributed by atoms with Crippen LogP contribution in [0.3, 0.4) is 0 Å². The SMILES string of the molecule is CCCCC/C=C\CCCCCCCC(=O)OC(CCCCCCCCCCCCCCCC)CCCCCCCC(=O)O. The molecule has 0 saturated carbocycles. The zero-order valence-corrected chi connectivity index (χ0v) is 29.7. The van der Waals surface area contributed by atoms with Crippen molar-refractivity contribution >= 4 is 11.9 Å². The highest BCUT2D eigenvalue weighted by molar-refractivity contribution is 5.69.